The third-order valence-electron chi connectivity index (χ3n) is 9.56. The quantitative estimate of drug-likeness (QED) is 0.0937. The molecule has 5 aromatic carbocycles. The van der Waals surface area contributed by atoms with E-state index in [4.69, 9.17) is 9.98 Å². The third-order valence-corrected chi connectivity index (χ3v) is 10.4. The normalized spacial score (nSPS) is 13.4. The van der Waals surface area contributed by atoms with Crippen molar-refractivity contribution in [2.75, 3.05) is 0 Å². The Morgan fingerprint density at radius 2 is 1.04 bits per heavy atom. The lowest BCUT2D eigenvalue weighted by molar-refractivity contribution is -0.109. The molecule has 56 heavy (non-hydrogen) atoms. The summed E-state index contributed by atoms with van der Waals surface area (Å²) in [7, 11) is 0. The highest BCUT2D eigenvalue weighted by atomic mass is 32.2. The molecular weight excluding hydrogens is 709 g/mol. The van der Waals surface area contributed by atoms with E-state index >= 15 is 0 Å². The number of rotatable bonds is 8. The Morgan fingerprint density at radius 1 is 0.589 bits per heavy atom. The topological polar surface area (TPSA) is 82.2 Å². The number of carbonyl (C=O) groups excluding carboxylic acids is 1. The monoisotopic (exact) mass is 762 g/mol. The van der Waals surface area contributed by atoms with Gasteiger partial charge in [0.25, 0.3) is 0 Å². The van der Waals surface area contributed by atoms with Gasteiger partial charge >= 0.3 is 0 Å². The molecule has 0 spiro atoms. The van der Waals surface area contributed by atoms with E-state index in [2.05, 4.69) is 92.4 Å². The fourth-order valence-corrected chi connectivity index (χ4v) is 7.00. The van der Waals surface area contributed by atoms with Gasteiger partial charge in [0, 0.05) is 57.6 Å². The number of nitrogens with zero attached hydrogens (tertiary/aromatic N) is 2. The van der Waals surface area contributed by atoms with E-state index in [1.165, 1.54) is 11.8 Å². The molecule has 0 radical (unpaired) electrons. The summed E-state index contributed by atoms with van der Waals surface area (Å²) in [6, 6.07) is 34.8. The molecule has 0 bridgehead atoms. The van der Waals surface area contributed by atoms with Gasteiger partial charge in [-0.3, -0.25) is 14.8 Å². The van der Waals surface area contributed by atoms with Crippen LogP contribution in [0.4, 0.5) is 0 Å². The van der Waals surface area contributed by atoms with Crippen LogP contribution < -0.4 is 0 Å². The summed E-state index contributed by atoms with van der Waals surface area (Å²) in [5.41, 5.74) is 6.65. The maximum atomic E-state index is 11.7. The van der Waals surface area contributed by atoms with Gasteiger partial charge in [0.15, 0.2) is 5.12 Å². The zero-order chi connectivity index (χ0) is 40.8. The van der Waals surface area contributed by atoms with Crippen LogP contribution in [0.5, 0.6) is 11.5 Å². The average molecular weight is 763 g/mol. The molecule has 2 atom stereocenters. The van der Waals surface area contributed by atoms with Gasteiger partial charge < -0.3 is 10.2 Å². The Hall–Kier alpha value is -5.38. The van der Waals surface area contributed by atoms with E-state index in [-0.39, 0.29) is 32.9 Å². The molecule has 2 N–H and O–H groups in total. The van der Waals surface area contributed by atoms with Gasteiger partial charge in [0.2, 0.25) is 0 Å². The molecule has 0 aliphatic carbocycles. The Morgan fingerprint density at radius 3 is 1.48 bits per heavy atom. The largest absolute Gasteiger partial charge is 0.507 e. The zero-order valence-corrected chi connectivity index (χ0v) is 35.1. The molecule has 0 saturated heterocycles. The van der Waals surface area contributed by atoms with Crippen LogP contribution in [0.2, 0.25) is 0 Å². The van der Waals surface area contributed by atoms with E-state index in [0.29, 0.717) is 11.1 Å². The Labute approximate surface area is 338 Å². The number of phenols is 2. The van der Waals surface area contributed by atoms with Crippen LogP contribution in [0, 0.1) is 11.8 Å². The summed E-state index contributed by atoms with van der Waals surface area (Å²) in [5, 5.41) is 23.4. The highest BCUT2D eigenvalue weighted by Crippen LogP contribution is 2.40. The van der Waals surface area contributed by atoms with Gasteiger partial charge in [-0.2, -0.15) is 0 Å². The second-order valence-electron chi connectivity index (χ2n) is 17.3. The van der Waals surface area contributed by atoms with Crippen molar-refractivity contribution in [2.24, 2.45) is 9.98 Å². The average Bonchev–Trinajstić information content (AvgIpc) is 3.13. The molecule has 0 saturated carbocycles. The van der Waals surface area contributed by atoms with Gasteiger partial charge in [-0.15, -0.1) is 0 Å². The van der Waals surface area contributed by atoms with E-state index in [1.54, 1.807) is 19.4 Å². The third kappa shape index (κ3) is 10.7. The fourth-order valence-electron chi connectivity index (χ4n) is 6.40. The second kappa shape index (κ2) is 17.2. The van der Waals surface area contributed by atoms with Crippen LogP contribution in [0.15, 0.2) is 124 Å². The lowest BCUT2D eigenvalue weighted by Gasteiger charge is -2.27. The Bertz CT molecular complexity index is 2280. The van der Waals surface area contributed by atoms with Crippen LogP contribution >= 0.6 is 11.8 Å². The number of benzene rings is 5. The van der Waals surface area contributed by atoms with Crippen molar-refractivity contribution in [2.45, 2.75) is 102 Å². The summed E-state index contributed by atoms with van der Waals surface area (Å²) >= 11 is 1.19. The van der Waals surface area contributed by atoms with Gasteiger partial charge in [-0.25, -0.2) is 0 Å². The first-order valence-corrected chi connectivity index (χ1v) is 19.8. The zero-order valence-electron chi connectivity index (χ0n) is 34.3. The van der Waals surface area contributed by atoms with Crippen LogP contribution in [-0.2, 0) is 21.0 Å². The standard InChI is InChI=1S/C50H54N2O3S/c1-33(53)56-41-25-23-34(24-26-41)21-22-35-27-38(46(54)42(28-35)49(5,6)7)31-51-44(36-17-13-11-14-18-36)45(37-19-15-12-16-20-37)52-32-39-29-40(48(2,3)4)30-43(47(39)55)50(8,9)10/h11-20,23-32,44-45,54-55H,1-10H3/t44-,45-/m0/s1. The number of phenolic OH excluding ortho intramolecular Hbond substituents is 2. The van der Waals surface area contributed by atoms with Crippen molar-refractivity contribution in [3.63, 3.8) is 0 Å². The summed E-state index contributed by atoms with van der Waals surface area (Å²) in [6.45, 7) is 20.6. The highest BCUT2D eigenvalue weighted by Gasteiger charge is 2.27. The van der Waals surface area contributed by atoms with Gasteiger partial charge in [0.1, 0.15) is 23.6 Å². The van der Waals surface area contributed by atoms with Crippen LogP contribution in [0.3, 0.4) is 0 Å². The number of hydrogen-bond donors (Lipinski definition) is 2. The van der Waals surface area contributed by atoms with Crippen molar-refractivity contribution in [3.05, 3.63) is 159 Å². The minimum atomic E-state index is -0.483. The van der Waals surface area contributed by atoms with Crippen LogP contribution in [0.25, 0.3) is 0 Å². The van der Waals surface area contributed by atoms with Crippen molar-refractivity contribution < 1.29 is 15.0 Å². The number of hydrogen-bond acceptors (Lipinski definition) is 6. The predicted octanol–water partition coefficient (Wildman–Crippen LogP) is 12.0. The van der Waals surface area contributed by atoms with Crippen molar-refractivity contribution in [1.82, 2.24) is 0 Å². The van der Waals surface area contributed by atoms with Crippen molar-refractivity contribution >= 4 is 29.3 Å². The minimum absolute atomic E-state index is 0.0353. The SMILES string of the molecule is CC(=O)Sc1ccc(C#Cc2cc(C=N[C@@H](c3ccccc3)[C@@H](N=Cc3cc(C(C)(C)C)cc(C(C)(C)C)c3O)c3ccccc3)c(O)c(C(C)(C)C)c2)cc1. The molecule has 0 fully saturated rings. The molecule has 5 rings (SSSR count). The summed E-state index contributed by atoms with van der Waals surface area (Å²) in [4.78, 5) is 22.9. The van der Waals surface area contributed by atoms with Crippen molar-refractivity contribution in [3.8, 4) is 23.3 Å². The van der Waals surface area contributed by atoms with E-state index in [9.17, 15) is 15.0 Å². The van der Waals surface area contributed by atoms with Gasteiger partial charge in [-0.1, -0.05) is 153 Å². The molecule has 6 heteroatoms. The minimum Gasteiger partial charge on any atom is -0.507 e. The summed E-state index contributed by atoms with van der Waals surface area (Å²) in [5.74, 6) is 6.93. The Kier molecular flexibility index (Phi) is 12.8. The molecule has 5 aromatic rings. The number of aliphatic imine (C=N–C) groups is 2. The van der Waals surface area contributed by atoms with Crippen molar-refractivity contribution in [1.29, 1.82) is 0 Å². The van der Waals surface area contributed by atoms with E-state index < -0.39 is 12.1 Å². The fraction of sp³-hybridized carbons (Fsp3) is 0.300. The first-order valence-electron chi connectivity index (χ1n) is 19.0. The molecule has 288 valence electrons. The first kappa shape index (κ1) is 41.8. The number of thioether (sulfide) groups is 1. The molecule has 0 aromatic heterocycles. The van der Waals surface area contributed by atoms with E-state index in [1.807, 2.05) is 91.0 Å². The Balaban J connectivity index is 1.64. The highest BCUT2D eigenvalue weighted by molar-refractivity contribution is 8.13. The molecule has 5 nitrogen and oxygen atoms in total. The van der Waals surface area contributed by atoms with E-state index in [0.717, 1.165) is 43.8 Å². The van der Waals surface area contributed by atoms with Gasteiger partial charge in [-0.05, 0) is 75.4 Å². The number of aromatic hydroxyl groups is 2. The molecule has 0 aliphatic rings. The predicted molar refractivity (Wildman–Crippen MR) is 235 cm³/mol. The molecule has 0 unspecified atom stereocenters. The maximum Gasteiger partial charge on any atom is 0.190 e. The molecule has 0 heterocycles. The molecule has 0 aliphatic heterocycles. The van der Waals surface area contributed by atoms with Gasteiger partial charge in [0.05, 0.1) is 0 Å². The summed E-state index contributed by atoms with van der Waals surface area (Å²) in [6.07, 6.45) is 3.53. The molecule has 0 amide bonds. The second-order valence-corrected chi connectivity index (χ2v) is 18.6. The lowest BCUT2D eigenvalue weighted by atomic mass is 9.79. The smallest absolute Gasteiger partial charge is 0.190 e. The van der Waals surface area contributed by atoms with Crippen LogP contribution in [0.1, 0.15) is 131 Å². The number of carbonyl (C=O) groups is 1. The van der Waals surface area contributed by atoms with Crippen LogP contribution in [-0.4, -0.2) is 27.8 Å². The molecular formula is C50H54N2O3S. The summed E-state index contributed by atoms with van der Waals surface area (Å²) < 4.78 is 0. The lowest BCUT2D eigenvalue weighted by Crippen LogP contribution is -2.17. The maximum absolute atomic E-state index is 11.7. The first-order chi connectivity index (χ1) is 26.3.